The summed E-state index contributed by atoms with van der Waals surface area (Å²) in [6, 6.07) is 2.21. The molecule has 0 aliphatic carbocycles. The van der Waals surface area contributed by atoms with E-state index in [-0.39, 0.29) is 46.4 Å². The molecule has 0 saturated carbocycles. The zero-order valence-electron chi connectivity index (χ0n) is 13.1. The standard InChI is InChI=1S/C14H22ClFN2O2S.ClH/c1-9(2)13(17)5-6-18(4)21(19,20)14-7-10(3)12(16)8-11(14)15;/h7-9,13H,5-6,17H2,1-4H3;1H. The van der Waals surface area contributed by atoms with Crippen molar-refractivity contribution in [3.63, 3.8) is 0 Å². The van der Waals surface area contributed by atoms with Gasteiger partial charge in [0, 0.05) is 19.6 Å². The maximum Gasteiger partial charge on any atom is 0.244 e. The molecule has 4 nitrogen and oxygen atoms in total. The summed E-state index contributed by atoms with van der Waals surface area (Å²) in [6.07, 6.45) is 0.547. The molecule has 0 heterocycles. The van der Waals surface area contributed by atoms with E-state index in [9.17, 15) is 12.8 Å². The molecule has 0 saturated heterocycles. The Balaban J connectivity index is 0.00000441. The van der Waals surface area contributed by atoms with Crippen molar-refractivity contribution < 1.29 is 12.8 Å². The van der Waals surface area contributed by atoms with Crippen LogP contribution >= 0.6 is 24.0 Å². The van der Waals surface area contributed by atoms with Crippen LogP contribution in [0.4, 0.5) is 4.39 Å². The Labute approximate surface area is 143 Å². The molecule has 1 unspecified atom stereocenters. The fourth-order valence-corrected chi connectivity index (χ4v) is 3.54. The second-order valence-corrected chi connectivity index (χ2v) is 7.98. The lowest BCUT2D eigenvalue weighted by atomic mass is 10.0. The van der Waals surface area contributed by atoms with Crippen molar-refractivity contribution in [3.05, 3.63) is 28.5 Å². The first kappa shape index (κ1) is 21.6. The third-order valence-corrected chi connectivity index (χ3v) is 5.86. The Morgan fingerprint density at radius 3 is 2.41 bits per heavy atom. The molecule has 0 amide bonds. The van der Waals surface area contributed by atoms with E-state index in [0.29, 0.717) is 6.42 Å². The topological polar surface area (TPSA) is 63.4 Å². The molecule has 1 aromatic carbocycles. The minimum absolute atomic E-state index is 0. The van der Waals surface area contributed by atoms with Crippen LogP contribution in [0.3, 0.4) is 0 Å². The summed E-state index contributed by atoms with van der Waals surface area (Å²) >= 11 is 5.87. The second-order valence-electron chi connectivity index (χ2n) is 5.55. The number of aryl methyl sites for hydroxylation is 1. The number of hydrogen-bond acceptors (Lipinski definition) is 3. The van der Waals surface area contributed by atoms with Crippen LogP contribution in [0.5, 0.6) is 0 Å². The van der Waals surface area contributed by atoms with Crippen molar-refractivity contribution in [1.82, 2.24) is 4.31 Å². The van der Waals surface area contributed by atoms with Gasteiger partial charge in [-0.05, 0) is 37.0 Å². The van der Waals surface area contributed by atoms with Crippen LogP contribution in [-0.2, 0) is 10.0 Å². The van der Waals surface area contributed by atoms with Gasteiger partial charge in [-0.25, -0.2) is 17.1 Å². The Hall–Kier alpha value is -0.400. The monoisotopic (exact) mass is 372 g/mol. The lowest BCUT2D eigenvalue weighted by Gasteiger charge is -2.22. The van der Waals surface area contributed by atoms with E-state index < -0.39 is 15.8 Å². The van der Waals surface area contributed by atoms with E-state index >= 15 is 0 Å². The van der Waals surface area contributed by atoms with Crippen LogP contribution in [0.1, 0.15) is 25.8 Å². The van der Waals surface area contributed by atoms with E-state index in [2.05, 4.69) is 0 Å². The molecule has 0 aliphatic rings. The Bertz CT molecular complexity index is 609. The molecule has 8 heteroatoms. The van der Waals surface area contributed by atoms with Gasteiger partial charge in [-0.2, -0.15) is 0 Å². The summed E-state index contributed by atoms with van der Waals surface area (Å²) < 4.78 is 39.5. The van der Waals surface area contributed by atoms with Crippen LogP contribution in [0.25, 0.3) is 0 Å². The first-order valence-corrected chi connectivity index (χ1v) is 8.56. The van der Waals surface area contributed by atoms with Gasteiger partial charge in [-0.1, -0.05) is 25.4 Å². The highest BCUT2D eigenvalue weighted by Crippen LogP contribution is 2.27. The van der Waals surface area contributed by atoms with Gasteiger partial charge in [0.25, 0.3) is 0 Å². The van der Waals surface area contributed by atoms with E-state index in [0.717, 1.165) is 6.07 Å². The van der Waals surface area contributed by atoms with Crippen LogP contribution < -0.4 is 5.73 Å². The summed E-state index contributed by atoms with van der Waals surface area (Å²) in [4.78, 5) is -0.0799. The van der Waals surface area contributed by atoms with Crippen LogP contribution in [0.2, 0.25) is 5.02 Å². The number of halogens is 3. The highest BCUT2D eigenvalue weighted by Gasteiger charge is 2.25. The Morgan fingerprint density at radius 2 is 1.91 bits per heavy atom. The van der Waals surface area contributed by atoms with Gasteiger partial charge >= 0.3 is 0 Å². The predicted octanol–water partition coefficient (Wildman–Crippen LogP) is 3.20. The average Bonchev–Trinajstić information content (AvgIpc) is 2.39. The number of nitrogens with two attached hydrogens (primary N) is 1. The molecule has 128 valence electrons. The summed E-state index contributed by atoms with van der Waals surface area (Å²) in [7, 11) is -2.28. The van der Waals surface area contributed by atoms with E-state index in [1.807, 2.05) is 13.8 Å². The summed E-state index contributed by atoms with van der Waals surface area (Å²) in [6.45, 7) is 5.76. The van der Waals surface area contributed by atoms with Gasteiger partial charge in [-0.3, -0.25) is 0 Å². The number of benzene rings is 1. The zero-order chi connectivity index (χ0) is 16.4. The third kappa shape index (κ3) is 5.06. The molecule has 0 aliphatic heterocycles. The quantitative estimate of drug-likeness (QED) is 0.833. The first-order valence-electron chi connectivity index (χ1n) is 6.75. The minimum Gasteiger partial charge on any atom is -0.327 e. The van der Waals surface area contributed by atoms with Crippen molar-refractivity contribution in [2.75, 3.05) is 13.6 Å². The summed E-state index contributed by atoms with van der Waals surface area (Å²) in [5.41, 5.74) is 6.16. The molecule has 0 fully saturated rings. The maximum atomic E-state index is 13.4. The fourth-order valence-electron chi connectivity index (χ4n) is 1.78. The molecule has 0 bridgehead atoms. The molecule has 2 N–H and O–H groups in total. The molecule has 0 radical (unpaired) electrons. The van der Waals surface area contributed by atoms with Crippen molar-refractivity contribution in [3.8, 4) is 0 Å². The van der Waals surface area contributed by atoms with Crippen molar-refractivity contribution >= 4 is 34.0 Å². The number of nitrogens with zero attached hydrogens (tertiary/aromatic N) is 1. The second kappa shape index (κ2) is 8.45. The van der Waals surface area contributed by atoms with Crippen LogP contribution in [-0.4, -0.2) is 32.4 Å². The van der Waals surface area contributed by atoms with Crippen LogP contribution in [0.15, 0.2) is 17.0 Å². The van der Waals surface area contributed by atoms with Gasteiger partial charge in [0.15, 0.2) is 0 Å². The molecule has 0 spiro atoms. The first-order chi connectivity index (χ1) is 9.57. The predicted molar refractivity (Wildman–Crippen MR) is 90.6 cm³/mol. The van der Waals surface area contributed by atoms with Crippen molar-refractivity contribution in [1.29, 1.82) is 0 Å². The molecule has 0 aromatic heterocycles. The minimum atomic E-state index is -3.75. The van der Waals surface area contributed by atoms with E-state index in [1.54, 1.807) is 0 Å². The summed E-state index contributed by atoms with van der Waals surface area (Å²) in [5, 5.41) is -0.113. The fraction of sp³-hybridized carbons (Fsp3) is 0.571. The highest BCUT2D eigenvalue weighted by molar-refractivity contribution is 7.89. The zero-order valence-corrected chi connectivity index (χ0v) is 15.5. The summed E-state index contributed by atoms with van der Waals surface area (Å²) in [5.74, 6) is -0.249. The molecule has 1 aromatic rings. The SMILES string of the molecule is Cc1cc(S(=O)(=O)N(C)CCC(N)C(C)C)c(Cl)cc1F.Cl. The van der Waals surface area contributed by atoms with Gasteiger partial charge in [0.05, 0.1) is 5.02 Å². The van der Waals surface area contributed by atoms with Gasteiger partial charge in [0.2, 0.25) is 10.0 Å². The smallest absolute Gasteiger partial charge is 0.244 e. The van der Waals surface area contributed by atoms with Gasteiger partial charge < -0.3 is 5.73 Å². The van der Waals surface area contributed by atoms with Gasteiger partial charge in [-0.15, -0.1) is 12.4 Å². The molecule has 22 heavy (non-hydrogen) atoms. The largest absolute Gasteiger partial charge is 0.327 e. The van der Waals surface area contributed by atoms with Crippen molar-refractivity contribution in [2.24, 2.45) is 11.7 Å². The van der Waals surface area contributed by atoms with Crippen molar-refractivity contribution in [2.45, 2.75) is 38.1 Å². The highest BCUT2D eigenvalue weighted by atomic mass is 35.5. The lowest BCUT2D eigenvalue weighted by molar-refractivity contribution is 0.397. The molecule has 1 atom stereocenters. The van der Waals surface area contributed by atoms with E-state index in [1.165, 1.54) is 24.3 Å². The average molecular weight is 373 g/mol. The molecule has 1 rings (SSSR count). The molecular formula is C14H23Cl2FN2O2S. The number of hydrogen-bond donors (Lipinski definition) is 1. The Morgan fingerprint density at radius 1 is 1.36 bits per heavy atom. The normalized spacial score (nSPS) is 13.3. The van der Waals surface area contributed by atoms with Crippen LogP contribution in [0, 0.1) is 18.7 Å². The van der Waals surface area contributed by atoms with E-state index in [4.69, 9.17) is 17.3 Å². The number of rotatable bonds is 6. The third-order valence-electron chi connectivity index (χ3n) is 3.54. The lowest BCUT2D eigenvalue weighted by Crippen LogP contribution is -2.34. The molecular weight excluding hydrogens is 350 g/mol. The Kier molecular flexibility index (Phi) is 8.30. The van der Waals surface area contributed by atoms with Gasteiger partial charge in [0.1, 0.15) is 10.7 Å². The maximum absolute atomic E-state index is 13.4. The number of sulfonamides is 1.